The Hall–Kier alpha value is -1.77. The topological polar surface area (TPSA) is 43.8 Å². The summed E-state index contributed by atoms with van der Waals surface area (Å²) in [5.41, 5.74) is 7.53. The van der Waals surface area contributed by atoms with Gasteiger partial charge in [-0.2, -0.15) is 0 Å². The maximum Gasteiger partial charge on any atom is 0.140 e. The van der Waals surface area contributed by atoms with Crippen molar-refractivity contribution in [1.82, 2.24) is 9.55 Å². The number of imidazole rings is 1. The maximum absolute atomic E-state index is 5.65. The Bertz CT molecular complexity index is 440. The van der Waals surface area contributed by atoms with Gasteiger partial charge in [-0.05, 0) is 38.1 Å². The van der Waals surface area contributed by atoms with Crippen LogP contribution < -0.4 is 5.73 Å². The van der Waals surface area contributed by atoms with Gasteiger partial charge in [0.15, 0.2) is 0 Å². The molecule has 0 saturated heterocycles. The molecule has 0 spiro atoms. The zero-order valence-electron chi connectivity index (χ0n) is 9.01. The van der Waals surface area contributed by atoms with Crippen LogP contribution in [0.2, 0.25) is 0 Å². The first kappa shape index (κ1) is 9.77. The number of rotatable bonds is 2. The molecule has 0 saturated carbocycles. The van der Waals surface area contributed by atoms with Crippen molar-refractivity contribution >= 4 is 5.69 Å². The van der Waals surface area contributed by atoms with E-state index in [9.17, 15) is 0 Å². The number of nitrogen functional groups attached to an aromatic ring is 1. The predicted octanol–water partition coefficient (Wildman–Crippen LogP) is 2.71. The molecule has 0 amide bonds. The van der Waals surface area contributed by atoms with E-state index in [0.717, 1.165) is 17.1 Å². The van der Waals surface area contributed by atoms with Gasteiger partial charge in [0.1, 0.15) is 5.82 Å². The summed E-state index contributed by atoms with van der Waals surface area (Å²) in [5, 5.41) is 0. The summed E-state index contributed by atoms with van der Waals surface area (Å²) in [4.78, 5) is 4.36. The lowest BCUT2D eigenvalue weighted by Crippen LogP contribution is -2.01. The van der Waals surface area contributed by atoms with Crippen LogP contribution in [0.15, 0.2) is 36.7 Å². The van der Waals surface area contributed by atoms with E-state index in [1.54, 1.807) is 0 Å². The van der Waals surface area contributed by atoms with Crippen molar-refractivity contribution in [3.8, 4) is 11.4 Å². The fourth-order valence-corrected chi connectivity index (χ4v) is 1.59. The van der Waals surface area contributed by atoms with Gasteiger partial charge in [0.2, 0.25) is 0 Å². The largest absolute Gasteiger partial charge is 0.399 e. The Morgan fingerprint density at radius 3 is 2.47 bits per heavy atom. The van der Waals surface area contributed by atoms with Crippen molar-refractivity contribution in [3.05, 3.63) is 36.7 Å². The van der Waals surface area contributed by atoms with E-state index in [-0.39, 0.29) is 0 Å². The minimum atomic E-state index is 0.417. The van der Waals surface area contributed by atoms with Crippen LogP contribution in [0.3, 0.4) is 0 Å². The third kappa shape index (κ3) is 1.86. The fraction of sp³-hybridized carbons (Fsp3) is 0.250. The molecule has 3 nitrogen and oxygen atoms in total. The summed E-state index contributed by atoms with van der Waals surface area (Å²) in [6.07, 6.45) is 3.82. The molecule has 0 atom stereocenters. The lowest BCUT2D eigenvalue weighted by molar-refractivity contribution is 0.606. The van der Waals surface area contributed by atoms with E-state index in [4.69, 9.17) is 5.73 Å². The molecule has 2 N–H and O–H groups in total. The van der Waals surface area contributed by atoms with Gasteiger partial charge >= 0.3 is 0 Å². The molecule has 1 aromatic heterocycles. The average Bonchev–Trinajstić information content (AvgIpc) is 2.67. The number of hydrogen-bond acceptors (Lipinski definition) is 2. The monoisotopic (exact) mass is 201 g/mol. The SMILES string of the molecule is CC(C)n1ccnc1-c1ccc(N)cc1. The molecule has 78 valence electrons. The third-order valence-corrected chi connectivity index (χ3v) is 2.39. The van der Waals surface area contributed by atoms with Crippen LogP contribution >= 0.6 is 0 Å². The molecule has 0 unspecified atom stereocenters. The van der Waals surface area contributed by atoms with Gasteiger partial charge < -0.3 is 10.3 Å². The second-order valence-electron chi connectivity index (χ2n) is 3.87. The van der Waals surface area contributed by atoms with E-state index < -0.39 is 0 Å². The van der Waals surface area contributed by atoms with Gasteiger partial charge in [-0.15, -0.1) is 0 Å². The first-order valence-corrected chi connectivity index (χ1v) is 5.07. The molecule has 1 heterocycles. The molecule has 0 radical (unpaired) electrons. The van der Waals surface area contributed by atoms with E-state index in [1.165, 1.54) is 0 Å². The maximum atomic E-state index is 5.65. The van der Waals surface area contributed by atoms with Crippen molar-refractivity contribution in [3.63, 3.8) is 0 Å². The van der Waals surface area contributed by atoms with Crippen LogP contribution in [0, 0.1) is 0 Å². The summed E-state index contributed by atoms with van der Waals surface area (Å²) >= 11 is 0. The molecule has 2 rings (SSSR count). The molecule has 15 heavy (non-hydrogen) atoms. The summed E-state index contributed by atoms with van der Waals surface area (Å²) in [6, 6.07) is 8.20. The molecular weight excluding hydrogens is 186 g/mol. The van der Waals surface area contributed by atoms with Gasteiger partial charge in [0, 0.05) is 29.7 Å². The zero-order valence-corrected chi connectivity index (χ0v) is 9.01. The zero-order chi connectivity index (χ0) is 10.8. The minimum Gasteiger partial charge on any atom is -0.399 e. The number of benzene rings is 1. The lowest BCUT2D eigenvalue weighted by Gasteiger charge is -2.11. The van der Waals surface area contributed by atoms with Crippen LogP contribution in [0.1, 0.15) is 19.9 Å². The molecule has 0 aliphatic heterocycles. The minimum absolute atomic E-state index is 0.417. The van der Waals surface area contributed by atoms with Crippen molar-refractivity contribution in [2.75, 3.05) is 5.73 Å². The highest BCUT2D eigenvalue weighted by atomic mass is 15.1. The van der Waals surface area contributed by atoms with Crippen molar-refractivity contribution in [2.45, 2.75) is 19.9 Å². The normalized spacial score (nSPS) is 10.9. The average molecular weight is 201 g/mol. The number of anilines is 1. The van der Waals surface area contributed by atoms with Crippen LogP contribution in [0.25, 0.3) is 11.4 Å². The first-order valence-electron chi connectivity index (χ1n) is 5.07. The Morgan fingerprint density at radius 2 is 1.87 bits per heavy atom. The lowest BCUT2D eigenvalue weighted by atomic mass is 10.2. The molecule has 0 fully saturated rings. The van der Waals surface area contributed by atoms with Gasteiger partial charge in [0.05, 0.1) is 0 Å². The van der Waals surface area contributed by atoms with E-state index in [1.807, 2.05) is 36.7 Å². The highest BCUT2D eigenvalue weighted by Crippen LogP contribution is 2.21. The Labute approximate surface area is 89.6 Å². The van der Waals surface area contributed by atoms with Crippen LogP contribution in [-0.2, 0) is 0 Å². The quantitative estimate of drug-likeness (QED) is 0.759. The van der Waals surface area contributed by atoms with Crippen LogP contribution in [0.4, 0.5) is 5.69 Å². The second-order valence-corrected chi connectivity index (χ2v) is 3.87. The standard InChI is InChI=1S/C12H15N3/c1-9(2)15-8-7-14-12(15)10-3-5-11(13)6-4-10/h3-9H,13H2,1-2H3. The summed E-state index contributed by atoms with van der Waals surface area (Å²) in [5.74, 6) is 0.991. The van der Waals surface area contributed by atoms with E-state index in [2.05, 4.69) is 23.4 Å². The van der Waals surface area contributed by atoms with Crippen molar-refractivity contribution in [2.24, 2.45) is 0 Å². The third-order valence-electron chi connectivity index (χ3n) is 2.39. The number of hydrogen-bond donors (Lipinski definition) is 1. The first-order chi connectivity index (χ1) is 7.18. The Morgan fingerprint density at radius 1 is 1.20 bits per heavy atom. The summed E-state index contributed by atoms with van der Waals surface area (Å²) < 4.78 is 2.14. The molecule has 2 aromatic rings. The van der Waals surface area contributed by atoms with Gasteiger partial charge in [-0.25, -0.2) is 4.98 Å². The molecule has 3 heteroatoms. The molecular formula is C12H15N3. The second kappa shape index (κ2) is 3.77. The highest BCUT2D eigenvalue weighted by molar-refractivity contribution is 5.59. The molecule has 0 aliphatic carbocycles. The smallest absolute Gasteiger partial charge is 0.140 e. The Balaban J connectivity index is 2.45. The molecule has 0 aliphatic rings. The Kier molecular flexibility index (Phi) is 2.46. The van der Waals surface area contributed by atoms with E-state index in [0.29, 0.717) is 6.04 Å². The predicted molar refractivity (Wildman–Crippen MR) is 62.5 cm³/mol. The fourth-order valence-electron chi connectivity index (χ4n) is 1.59. The van der Waals surface area contributed by atoms with Crippen LogP contribution in [0.5, 0.6) is 0 Å². The van der Waals surface area contributed by atoms with Crippen molar-refractivity contribution in [1.29, 1.82) is 0 Å². The molecule has 0 bridgehead atoms. The number of aromatic nitrogens is 2. The molecule has 1 aromatic carbocycles. The number of nitrogens with two attached hydrogens (primary N) is 1. The van der Waals surface area contributed by atoms with Gasteiger partial charge in [0.25, 0.3) is 0 Å². The number of nitrogens with zero attached hydrogens (tertiary/aromatic N) is 2. The van der Waals surface area contributed by atoms with Gasteiger partial charge in [-0.1, -0.05) is 0 Å². The van der Waals surface area contributed by atoms with Crippen LogP contribution in [-0.4, -0.2) is 9.55 Å². The van der Waals surface area contributed by atoms with Gasteiger partial charge in [-0.3, -0.25) is 0 Å². The van der Waals surface area contributed by atoms with E-state index >= 15 is 0 Å². The van der Waals surface area contributed by atoms with Crippen molar-refractivity contribution < 1.29 is 0 Å². The summed E-state index contributed by atoms with van der Waals surface area (Å²) in [6.45, 7) is 4.28. The highest BCUT2D eigenvalue weighted by Gasteiger charge is 2.07. The summed E-state index contributed by atoms with van der Waals surface area (Å²) in [7, 11) is 0.